The lowest BCUT2D eigenvalue weighted by Gasteiger charge is -2.12. The summed E-state index contributed by atoms with van der Waals surface area (Å²) in [6, 6.07) is -0.217. The Balaban J connectivity index is 2.94. The Morgan fingerprint density at radius 2 is 1.37 bits per heavy atom. The second-order valence-electron chi connectivity index (χ2n) is 4.02. The fourth-order valence-corrected chi connectivity index (χ4v) is 1.30. The Morgan fingerprint density at radius 3 is 1.79 bits per heavy atom. The first-order valence-electron chi connectivity index (χ1n) is 5.30. The fraction of sp³-hybridized carbons (Fsp3) is 0.364. The molecule has 1 aromatic carbocycles. The van der Waals surface area contributed by atoms with Crippen LogP contribution < -0.4 is 10.6 Å². The zero-order valence-corrected chi connectivity index (χ0v) is 10.1. The van der Waals surface area contributed by atoms with E-state index < -0.39 is 47.2 Å². The first kappa shape index (κ1) is 15.2. The molecule has 0 saturated heterocycles. The molecule has 8 heteroatoms. The van der Waals surface area contributed by atoms with Crippen molar-refractivity contribution in [3.8, 4) is 0 Å². The highest BCUT2D eigenvalue weighted by atomic mass is 19.2. The summed E-state index contributed by atoms with van der Waals surface area (Å²) >= 11 is 0. The van der Waals surface area contributed by atoms with Gasteiger partial charge in [0.2, 0.25) is 11.7 Å². The summed E-state index contributed by atoms with van der Waals surface area (Å²) in [5, 5.41) is 4.27. The van der Waals surface area contributed by atoms with Crippen molar-refractivity contribution in [1.82, 2.24) is 5.32 Å². The van der Waals surface area contributed by atoms with Crippen molar-refractivity contribution in [3.63, 3.8) is 0 Å². The van der Waals surface area contributed by atoms with Gasteiger partial charge in [0, 0.05) is 6.04 Å². The third kappa shape index (κ3) is 3.33. The standard InChI is InChI=1S/C11H11F5N2O/c1-4(2)18-5(19)3-17-11-9(15)7(13)6(12)8(14)10(11)16/h4,17H,3H2,1-2H3,(H,18,19). The van der Waals surface area contributed by atoms with E-state index in [0.29, 0.717) is 0 Å². The Hall–Kier alpha value is -1.86. The van der Waals surface area contributed by atoms with E-state index in [1.54, 1.807) is 13.8 Å². The molecule has 0 bridgehead atoms. The van der Waals surface area contributed by atoms with Crippen LogP contribution in [-0.2, 0) is 4.79 Å². The zero-order valence-electron chi connectivity index (χ0n) is 10.1. The van der Waals surface area contributed by atoms with Gasteiger partial charge < -0.3 is 10.6 Å². The minimum absolute atomic E-state index is 0.217. The molecule has 106 valence electrons. The van der Waals surface area contributed by atoms with E-state index in [4.69, 9.17) is 0 Å². The monoisotopic (exact) mass is 282 g/mol. The molecular weight excluding hydrogens is 271 g/mol. The van der Waals surface area contributed by atoms with Gasteiger partial charge >= 0.3 is 0 Å². The van der Waals surface area contributed by atoms with E-state index >= 15 is 0 Å². The van der Waals surface area contributed by atoms with Crippen LogP contribution in [0.4, 0.5) is 27.6 Å². The Morgan fingerprint density at radius 1 is 0.947 bits per heavy atom. The number of benzene rings is 1. The van der Waals surface area contributed by atoms with E-state index in [2.05, 4.69) is 5.32 Å². The molecular formula is C11H11F5N2O. The molecule has 0 aliphatic carbocycles. The van der Waals surface area contributed by atoms with Crippen LogP contribution in [0.15, 0.2) is 0 Å². The van der Waals surface area contributed by atoms with Crippen LogP contribution in [0.3, 0.4) is 0 Å². The second kappa shape index (κ2) is 5.85. The molecule has 0 aromatic heterocycles. The maximum absolute atomic E-state index is 13.2. The lowest BCUT2D eigenvalue weighted by atomic mass is 10.2. The van der Waals surface area contributed by atoms with Gasteiger partial charge in [0.15, 0.2) is 23.3 Å². The Labute approximate surface area is 105 Å². The van der Waals surface area contributed by atoms with Crippen LogP contribution in [0.5, 0.6) is 0 Å². The number of carbonyl (C=O) groups excluding carboxylic acids is 1. The lowest BCUT2D eigenvalue weighted by Crippen LogP contribution is -2.35. The molecule has 1 rings (SSSR count). The third-order valence-electron chi connectivity index (χ3n) is 2.09. The number of amides is 1. The molecule has 2 N–H and O–H groups in total. The molecule has 0 heterocycles. The van der Waals surface area contributed by atoms with Crippen molar-refractivity contribution in [1.29, 1.82) is 0 Å². The van der Waals surface area contributed by atoms with Crippen molar-refractivity contribution >= 4 is 11.6 Å². The highest BCUT2D eigenvalue weighted by Crippen LogP contribution is 2.26. The summed E-state index contributed by atoms with van der Waals surface area (Å²) in [7, 11) is 0. The SMILES string of the molecule is CC(C)NC(=O)CNc1c(F)c(F)c(F)c(F)c1F. The number of nitrogens with one attached hydrogen (secondary N) is 2. The minimum atomic E-state index is -2.24. The third-order valence-corrected chi connectivity index (χ3v) is 2.09. The van der Waals surface area contributed by atoms with E-state index in [0.717, 1.165) is 0 Å². The average molecular weight is 282 g/mol. The predicted molar refractivity (Wildman–Crippen MR) is 58.0 cm³/mol. The van der Waals surface area contributed by atoms with Gasteiger partial charge in [-0.3, -0.25) is 4.79 Å². The van der Waals surface area contributed by atoms with Crippen molar-refractivity contribution in [3.05, 3.63) is 29.1 Å². The first-order valence-corrected chi connectivity index (χ1v) is 5.30. The molecule has 1 aromatic rings. The summed E-state index contributed by atoms with van der Waals surface area (Å²) in [6.07, 6.45) is 0. The number of halogens is 5. The van der Waals surface area contributed by atoms with Gasteiger partial charge in [-0.15, -0.1) is 0 Å². The zero-order chi connectivity index (χ0) is 14.7. The summed E-state index contributed by atoms with van der Waals surface area (Å²) < 4.78 is 64.8. The van der Waals surface area contributed by atoms with Crippen LogP contribution in [0.25, 0.3) is 0 Å². The molecule has 0 saturated carbocycles. The normalized spacial score (nSPS) is 10.7. The minimum Gasteiger partial charge on any atom is -0.371 e. The number of carbonyl (C=O) groups is 1. The van der Waals surface area contributed by atoms with Gasteiger partial charge in [-0.1, -0.05) is 0 Å². The largest absolute Gasteiger partial charge is 0.371 e. The summed E-state index contributed by atoms with van der Waals surface area (Å²) in [5.41, 5.74) is -1.23. The van der Waals surface area contributed by atoms with Gasteiger partial charge in [0.25, 0.3) is 0 Å². The highest BCUT2D eigenvalue weighted by molar-refractivity contribution is 5.81. The smallest absolute Gasteiger partial charge is 0.239 e. The topological polar surface area (TPSA) is 41.1 Å². The van der Waals surface area contributed by atoms with Crippen LogP contribution in [0.1, 0.15) is 13.8 Å². The number of anilines is 1. The lowest BCUT2D eigenvalue weighted by molar-refractivity contribution is -0.119. The molecule has 0 aliphatic heterocycles. The summed E-state index contributed by atoms with van der Waals surface area (Å²) in [6.45, 7) is 2.68. The molecule has 0 spiro atoms. The van der Waals surface area contributed by atoms with Crippen LogP contribution in [0.2, 0.25) is 0 Å². The highest BCUT2D eigenvalue weighted by Gasteiger charge is 2.25. The van der Waals surface area contributed by atoms with Crippen molar-refractivity contribution in [2.24, 2.45) is 0 Å². The molecule has 3 nitrogen and oxygen atoms in total. The molecule has 0 fully saturated rings. The van der Waals surface area contributed by atoms with E-state index in [1.807, 2.05) is 5.32 Å². The van der Waals surface area contributed by atoms with Gasteiger partial charge in [0.05, 0.1) is 6.54 Å². The first-order chi connectivity index (χ1) is 8.75. The summed E-state index contributed by atoms with van der Waals surface area (Å²) in [5.74, 6) is -11.0. The van der Waals surface area contributed by atoms with Crippen molar-refractivity contribution < 1.29 is 26.7 Å². The van der Waals surface area contributed by atoms with E-state index in [-0.39, 0.29) is 6.04 Å². The van der Waals surface area contributed by atoms with Crippen molar-refractivity contribution in [2.45, 2.75) is 19.9 Å². The van der Waals surface area contributed by atoms with Gasteiger partial charge in [-0.05, 0) is 13.8 Å². The quantitative estimate of drug-likeness (QED) is 0.505. The Bertz CT molecular complexity index is 475. The molecule has 0 unspecified atom stereocenters. The molecule has 1 amide bonds. The maximum Gasteiger partial charge on any atom is 0.239 e. The maximum atomic E-state index is 13.2. The number of hydrogen-bond donors (Lipinski definition) is 2. The average Bonchev–Trinajstić information content (AvgIpc) is 2.33. The number of hydrogen-bond acceptors (Lipinski definition) is 2. The predicted octanol–water partition coefficient (Wildman–Crippen LogP) is 2.32. The van der Waals surface area contributed by atoms with Crippen LogP contribution in [0, 0.1) is 29.1 Å². The van der Waals surface area contributed by atoms with Crippen LogP contribution in [-0.4, -0.2) is 18.5 Å². The van der Waals surface area contributed by atoms with Gasteiger partial charge in [-0.25, -0.2) is 22.0 Å². The molecule has 19 heavy (non-hydrogen) atoms. The van der Waals surface area contributed by atoms with E-state index in [9.17, 15) is 26.7 Å². The number of rotatable bonds is 4. The van der Waals surface area contributed by atoms with Gasteiger partial charge in [-0.2, -0.15) is 0 Å². The van der Waals surface area contributed by atoms with Crippen LogP contribution >= 0.6 is 0 Å². The fourth-order valence-electron chi connectivity index (χ4n) is 1.30. The second-order valence-corrected chi connectivity index (χ2v) is 4.02. The van der Waals surface area contributed by atoms with E-state index in [1.165, 1.54) is 0 Å². The van der Waals surface area contributed by atoms with Crippen molar-refractivity contribution in [2.75, 3.05) is 11.9 Å². The van der Waals surface area contributed by atoms with Gasteiger partial charge in [0.1, 0.15) is 5.69 Å². The molecule has 0 radical (unpaired) electrons. The summed E-state index contributed by atoms with van der Waals surface area (Å²) in [4.78, 5) is 11.2. The Kier molecular flexibility index (Phi) is 4.68. The molecule has 0 atom stereocenters. The molecule has 0 aliphatic rings.